The lowest BCUT2D eigenvalue weighted by atomic mass is 9.99. The highest BCUT2D eigenvalue weighted by Crippen LogP contribution is 2.37. The van der Waals surface area contributed by atoms with E-state index in [1.165, 1.54) is 5.56 Å². The van der Waals surface area contributed by atoms with Crippen LogP contribution in [0.2, 0.25) is 0 Å². The number of pyridine rings is 1. The molecule has 0 bridgehead atoms. The number of ether oxygens (including phenoxy) is 1. The molecule has 2 N–H and O–H groups in total. The van der Waals surface area contributed by atoms with E-state index in [4.69, 9.17) is 10.5 Å². The smallest absolute Gasteiger partial charge is 0.258 e. The molecule has 0 saturated heterocycles. The van der Waals surface area contributed by atoms with E-state index in [9.17, 15) is 4.79 Å². The minimum atomic E-state index is -0.0285. The van der Waals surface area contributed by atoms with Gasteiger partial charge in [0, 0.05) is 35.4 Å². The summed E-state index contributed by atoms with van der Waals surface area (Å²) in [4.78, 5) is 12.5. The molecule has 0 unspecified atom stereocenters. The van der Waals surface area contributed by atoms with Gasteiger partial charge in [-0.1, -0.05) is 49.7 Å². The fraction of sp³-hybridized carbons (Fsp3) is 0.148. The van der Waals surface area contributed by atoms with Crippen molar-refractivity contribution < 1.29 is 4.74 Å². The van der Waals surface area contributed by atoms with E-state index >= 15 is 0 Å². The molecule has 1 heterocycles. The number of aromatic nitrogens is 1. The second kappa shape index (κ2) is 10.8. The monoisotopic (exact) mass is 414 g/mol. The number of nitrogens with two attached hydrogens (primary N) is 1. The number of fused-ring (bicyclic) bond motifs is 1. The molecular formula is C27H30N2O2. The molecule has 0 aliphatic carbocycles. The molecule has 4 heteroatoms. The molecule has 4 aromatic rings. The van der Waals surface area contributed by atoms with Crippen molar-refractivity contribution in [2.24, 2.45) is 7.05 Å². The third-order valence-corrected chi connectivity index (χ3v) is 4.63. The minimum absolute atomic E-state index is 0.0285. The van der Waals surface area contributed by atoms with Crippen LogP contribution in [0.25, 0.3) is 21.9 Å². The number of anilines is 1. The highest BCUT2D eigenvalue weighted by Gasteiger charge is 2.14. The van der Waals surface area contributed by atoms with E-state index in [2.05, 4.69) is 13.2 Å². The van der Waals surface area contributed by atoms with Crippen molar-refractivity contribution in [2.45, 2.75) is 20.8 Å². The number of nitrogens with zero attached hydrogens (tertiary/aromatic N) is 1. The Morgan fingerprint density at radius 2 is 1.48 bits per heavy atom. The Labute approximate surface area is 184 Å². The Bertz CT molecular complexity index is 1210. The lowest BCUT2D eigenvalue weighted by Crippen LogP contribution is -2.16. The van der Waals surface area contributed by atoms with Crippen LogP contribution in [0.1, 0.15) is 19.4 Å². The van der Waals surface area contributed by atoms with Crippen molar-refractivity contribution in [3.63, 3.8) is 0 Å². The zero-order chi connectivity index (χ0) is 23.0. The van der Waals surface area contributed by atoms with Gasteiger partial charge in [-0.2, -0.15) is 0 Å². The second-order valence-electron chi connectivity index (χ2n) is 6.68. The molecule has 0 spiro atoms. The summed E-state index contributed by atoms with van der Waals surface area (Å²) in [5.74, 6) is 1.44. The van der Waals surface area contributed by atoms with Gasteiger partial charge in [0.1, 0.15) is 11.5 Å². The molecule has 0 atom stereocenters. The summed E-state index contributed by atoms with van der Waals surface area (Å²) in [6.45, 7) is 12.0. The van der Waals surface area contributed by atoms with Crippen LogP contribution in [0, 0.1) is 6.92 Å². The first-order chi connectivity index (χ1) is 15.0. The summed E-state index contributed by atoms with van der Waals surface area (Å²) in [7, 11) is 1.76. The van der Waals surface area contributed by atoms with Crippen molar-refractivity contribution in [3.8, 4) is 22.6 Å². The van der Waals surface area contributed by atoms with Gasteiger partial charge in [-0.3, -0.25) is 4.79 Å². The zero-order valence-electron chi connectivity index (χ0n) is 18.7. The van der Waals surface area contributed by atoms with Crippen LogP contribution in [-0.2, 0) is 7.05 Å². The molecule has 1 aromatic heterocycles. The molecule has 0 amide bonds. The van der Waals surface area contributed by atoms with Gasteiger partial charge in [-0.05, 0) is 48.7 Å². The first-order valence-corrected chi connectivity index (χ1v) is 10.3. The van der Waals surface area contributed by atoms with Crippen LogP contribution in [0.15, 0.2) is 90.9 Å². The highest BCUT2D eigenvalue weighted by molar-refractivity contribution is 5.97. The van der Waals surface area contributed by atoms with Crippen molar-refractivity contribution in [1.82, 2.24) is 4.57 Å². The van der Waals surface area contributed by atoms with Crippen LogP contribution in [0.4, 0.5) is 5.69 Å². The Morgan fingerprint density at radius 3 is 2.13 bits per heavy atom. The van der Waals surface area contributed by atoms with E-state index in [0.717, 1.165) is 22.3 Å². The molecule has 4 nitrogen and oxygen atoms in total. The first kappa shape index (κ1) is 23.5. The summed E-state index contributed by atoms with van der Waals surface area (Å²) in [6.07, 6.45) is 1.83. The van der Waals surface area contributed by atoms with Crippen LogP contribution in [0.5, 0.6) is 11.5 Å². The van der Waals surface area contributed by atoms with Gasteiger partial charge in [-0.25, -0.2) is 0 Å². The van der Waals surface area contributed by atoms with Gasteiger partial charge >= 0.3 is 0 Å². The SMILES string of the molecule is C=C.CC.Cc1ccc(Oc2ccc(N)cc2-c2cn(C)c(=O)c3ccccc23)cc1. The zero-order valence-corrected chi connectivity index (χ0v) is 18.7. The predicted molar refractivity (Wildman–Crippen MR) is 133 cm³/mol. The van der Waals surface area contributed by atoms with Crippen molar-refractivity contribution in [3.05, 3.63) is 102 Å². The Hall–Kier alpha value is -3.79. The van der Waals surface area contributed by atoms with Gasteiger partial charge < -0.3 is 15.0 Å². The maximum atomic E-state index is 12.5. The van der Waals surface area contributed by atoms with Crippen molar-refractivity contribution in [1.29, 1.82) is 0 Å². The molecule has 160 valence electrons. The Kier molecular flexibility index (Phi) is 8.21. The summed E-state index contributed by atoms with van der Waals surface area (Å²) in [5, 5.41) is 1.54. The molecular weight excluding hydrogens is 384 g/mol. The van der Waals surface area contributed by atoms with Gasteiger partial charge in [0.2, 0.25) is 0 Å². The molecule has 31 heavy (non-hydrogen) atoms. The molecule has 0 fully saturated rings. The van der Waals surface area contributed by atoms with Gasteiger partial charge in [0.05, 0.1) is 0 Å². The minimum Gasteiger partial charge on any atom is -0.457 e. The molecule has 0 aliphatic rings. The lowest BCUT2D eigenvalue weighted by molar-refractivity contribution is 0.484. The second-order valence-corrected chi connectivity index (χ2v) is 6.68. The summed E-state index contributed by atoms with van der Waals surface area (Å²) in [6, 6.07) is 21.1. The largest absolute Gasteiger partial charge is 0.457 e. The number of aryl methyl sites for hydroxylation is 2. The third-order valence-electron chi connectivity index (χ3n) is 4.63. The van der Waals surface area contributed by atoms with Crippen LogP contribution >= 0.6 is 0 Å². The number of nitrogen functional groups attached to an aromatic ring is 1. The molecule has 0 saturated carbocycles. The van der Waals surface area contributed by atoms with Crippen molar-refractivity contribution in [2.75, 3.05) is 5.73 Å². The highest BCUT2D eigenvalue weighted by atomic mass is 16.5. The van der Waals surface area contributed by atoms with E-state index in [1.54, 1.807) is 11.6 Å². The maximum Gasteiger partial charge on any atom is 0.258 e. The predicted octanol–water partition coefficient (Wildman–Crippen LogP) is 6.72. The summed E-state index contributed by atoms with van der Waals surface area (Å²) < 4.78 is 7.74. The summed E-state index contributed by atoms with van der Waals surface area (Å²) >= 11 is 0. The van der Waals surface area contributed by atoms with E-state index in [-0.39, 0.29) is 5.56 Å². The molecule has 0 aliphatic heterocycles. The Morgan fingerprint density at radius 1 is 0.871 bits per heavy atom. The lowest BCUT2D eigenvalue weighted by Gasteiger charge is -2.15. The quantitative estimate of drug-likeness (QED) is 0.299. The van der Waals surface area contributed by atoms with E-state index in [0.29, 0.717) is 16.8 Å². The van der Waals surface area contributed by atoms with Crippen LogP contribution in [0.3, 0.4) is 0 Å². The number of benzene rings is 3. The average Bonchev–Trinajstić information content (AvgIpc) is 2.81. The van der Waals surface area contributed by atoms with Crippen LogP contribution in [-0.4, -0.2) is 4.57 Å². The first-order valence-electron chi connectivity index (χ1n) is 10.3. The normalized spacial score (nSPS) is 9.81. The van der Waals surface area contributed by atoms with Gasteiger partial charge in [0.25, 0.3) is 5.56 Å². The van der Waals surface area contributed by atoms with Gasteiger partial charge in [-0.15, -0.1) is 13.2 Å². The average molecular weight is 415 g/mol. The molecule has 0 radical (unpaired) electrons. The third kappa shape index (κ3) is 5.23. The van der Waals surface area contributed by atoms with E-state index in [1.807, 2.05) is 93.7 Å². The maximum absolute atomic E-state index is 12.5. The number of hydrogen-bond donors (Lipinski definition) is 1. The fourth-order valence-corrected chi connectivity index (χ4v) is 3.21. The fourth-order valence-electron chi connectivity index (χ4n) is 3.21. The van der Waals surface area contributed by atoms with Gasteiger partial charge in [0.15, 0.2) is 0 Å². The molecule has 4 rings (SSSR count). The summed E-state index contributed by atoms with van der Waals surface area (Å²) in [5.41, 5.74) is 9.60. The van der Waals surface area contributed by atoms with Crippen molar-refractivity contribution >= 4 is 16.5 Å². The Balaban J connectivity index is 0.000000807. The topological polar surface area (TPSA) is 57.2 Å². The van der Waals surface area contributed by atoms with Crippen LogP contribution < -0.4 is 16.0 Å². The molecule has 3 aromatic carbocycles. The van der Waals surface area contributed by atoms with E-state index < -0.39 is 0 Å². The standard InChI is InChI=1S/C23H20N2O2.C2H6.C2H4/c1-15-7-10-17(11-8-15)27-22-12-9-16(24)13-20(22)21-14-25(2)23(26)19-6-4-3-5-18(19)21;2*1-2/h3-14H,24H2,1-2H3;1-2H3;1-2H2. The number of hydrogen-bond acceptors (Lipinski definition) is 3. The number of rotatable bonds is 3.